The minimum absolute atomic E-state index is 0.00792. The molecule has 176 valence electrons. The maximum absolute atomic E-state index is 13.1. The molecule has 0 radical (unpaired) electrons. The average molecular weight is 486 g/mol. The molecule has 13 heteroatoms. The van der Waals surface area contributed by atoms with Crippen LogP contribution in [0.25, 0.3) is 16.9 Å². The maximum Gasteiger partial charge on any atom is 0.332 e. The third kappa shape index (κ3) is 5.04. The zero-order chi connectivity index (χ0) is 24.3. The highest BCUT2D eigenvalue weighted by atomic mass is 32.3. The number of rotatable bonds is 8. The number of hydrogen-bond acceptors (Lipinski definition) is 8. The third-order valence-electron chi connectivity index (χ3n) is 4.79. The van der Waals surface area contributed by atoms with Gasteiger partial charge in [-0.05, 0) is 48.9 Å². The van der Waals surface area contributed by atoms with E-state index in [0.29, 0.717) is 30.1 Å². The van der Waals surface area contributed by atoms with Crippen LogP contribution in [0.15, 0.2) is 64.5 Å². The molecule has 0 bridgehead atoms. The molecule has 0 saturated carbocycles. The Hall–Kier alpha value is -4.26. The van der Waals surface area contributed by atoms with Gasteiger partial charge in [-0.25, -0.2) is 4.98 Å². The molecule has 0 aliphatic rings. The number of imidazole rings is 1. The quantitative estimate of drug-likeness (QED) is 0.250. The van der Waals surface area contributed by atoms with E-state index in [0.717, 1.165) is 12.1 Å². The van der Waals surface area contributed by atoms with E-state index < -0.39 is 26.6 Å². The number of nitrogens with zero attached hydrogens (tertiary/aromatic N) is 3. The van der Waals surface area contributed by atoms with Gasteiger partial charge in [0, 0.05) is 17.8 Å². The van der Waals surface area contributed by atoms with Crippen LogP contribution in [-0.2, 0) is 10.2 Å². The molecule has 0 aliphatic carbocycles. The van der Waals surface area contributed by atoms with E-state index in [1.54, 1.807) is 28.8 Å². The molecular weight excluding hydrogens is 467 g/mol. The highest BCUT2D eigenvalue weighted by Crippen LogP contribution is 2.19. The van der Waals surface area contributed by atoms with Crippen LogP contribution in [0, 0.1) is 0 Å². The van der Waals surface area contributed by atoms with E-state index in [-0.39, 0.29) is 23.6 Å². The second-order valence-electron chi connectivity index (χ2n) is 7.16. The van der Waals surface area contributed by atoms with E-state index in [9.17, 15) is 21.9 Å². The van der Waals surface area contributed by atoms with Gasteiger partial charge in [0.2, 0.25) is 5.95 Å². The number of benzene rings is 2. The lowest BCUT2D eigenvalue weighted by atomic mass is 10.2. The van der Waals surface area contributed by atoms with E-state index in [4.69, 9.17) is 10.5 Å². The number of carbonyl (C=O) groups is 1. The number of halogens is 1. The lowest BCUT2D eigenvalue weighted by Gasteiger charge is -2.09. The number of nitrogens with one attached hydrogen (secondary N) is 2. The van der Waals surface area contributed by atoms with Crippen molar-refractivity contribution < 1.29 is 21.8 Å². The summed E-state index contributed by atoms with van der Waals surface area (Å²) >= 11 is 0. The molecule has 0 aliphatic heterocycles. The van der Waals surface area contributed by atoms with E-state index in [1.165, 1.54) is 18.5 Å². The van der Waals surface area contributed by atoms with Gasteiger partial charge in [0.15, 0.2) is 11.2 Å². The van der Waals surface area contributed by atoms with Gasteiger partial charge in [-0.3, -0.25) is 19.1 Å². The number of aromatic nitrogens is 4. The number of amides is 1. The Morgan fingerprint density at radius 2 is 1.97 bits per heavy atom. The van der Waals surface area contributed by atoms with Gasteiger partial charge in [-0.15, -0.1) is 3.89 Å². The molecule has 4 N–H and O–H groups in total. The van der Waals surface area contributed by atoms with Gasteiger partial charge < -0.3 is 15.8 Å². The molecule has 0 spiro atoms. The summed E-state index contributed by atoms with van der Waals surface area (Å²) < 4.78 is 42.3. The Morgan fingerprint density at radius 1 is 1.21 bits per heavy atom. The summed E-state index contributed by atoms with van der Waals surface area (Å²) in [6.45, 7) is 0.576. The second kappa shape index (κ2) is 9.31. The zero-order valence-corrected chi connectivity index (χ0v) is 18.4. The first kappa shape index (κ1) is 22.9. The third-order valence-corrected chi connectivity index (χ3v) is 5.61. The highest BCUT2D eigenvalue weighted by molar-refractivity contribution is 7.86. The predicted molar refractivity (Wildman–Crippen MR) is 121 cm³/mol. The summed E-state index contributed by atoms with van der Waals surface area (Å²) in [5, 5.41) is 2.63. The molecule has 1 amide bonds. The van der Waals surface area contributed by atoms with Crippen molar-refractivity contribution in [1.82, 2.24) is 24.8 Å². The van der Waals surface area contributed by atoms with Crippen LogP contribution in [0.3, 0.4) is 0 Å². The van der Waals surface area contributed by atoms with Crippen LogP contribution in [-0.4, -0.2) is 47.0 Å². The summed E-state index contributed by atoms with van der Waals surface area (Å²) in [6, 6.07) is 11.7. The molecular formula is C21H19FN6O5S. The number of carbonyl (C=O) groups excluding carboxylic acids is 1. The maximum atomic E-state index is 13.1. The molecule has 34 heavy (non-hydrogen) atoms. The minimum atomic E-state index is -4.88. The molecule has 2 heterocycles. The number of anilines is 1. The Labute approximate surface area is 192 Å². The first-order valence-electron chi connectivity index (χ1n) is 10.0. The van der Waals surface area contributed by atoms with Gasteiger partial charge >= 0.3 is 10.2 Å². The van der Waals surface area contributed by atoms with Crippen molar-refractivity contribution in [2.24, 2.45) is 0 Å². The topological polar surface area (TPSA) is 162 Å². The molecule has 4 aromatic rings. The van der Waals surface area contributed by atoms with Crippen molar-refractivity contribution >= 4 is 33.2 Å². The molecule has 2 aromatic carbocycles. The standard InChI is InChI=1S/C21H19FN6O5S/c22-34(31,32)16-4-1-3-13(11-16)19(29)24-9-2-10-33-15-7-5-14(6-8-15)28-12-25-17-18(28)26-21(23)27-20(17)30/h1,3-8,11-12H,2,9-10H2,(H,24,29)(H3,23,26,27,30). The fourth-order valence-electron chi connectivity index (χ4n) is 3.17. The minimum Gasteiger partial charge on any atom is -0.494 e. The van der Waals surface area contributed by atoms with E-state index >= 15 is 0 Å². The van der Waals surface area contributed by atoms with Crippen LogP contribution in [0.4, 0.5) is 9.83 Å². The van der Waals surface area contributed by atoms with Crippen LogP contribution >= 0.6 is 0 Å². The fourth-order valence-corrected chi connectivity index (χ4v) is 3.68. The summed E-state index contributed by atoms with van der Waals surface area (Å²) in [5.41, 5.74) is 6.45. The normalized spacial score (nSPS) is 11.4. The molecule has 0 atom stereocenters. The lowest BCUT2D eigenvalue weighted by Crippen LogP contribution is -2.25. The monoisotopic (exact) mass is 486 g/mol. The zero-order valence-electron chi connectivity index (χ0n) is 17.6. The van der Waals surface area contributed by atoms with Crippen LogP contribution < -0.4 is 21.3 Å². The van der Waals surface area contributed by atoms with Gasteiger partial charge in [-0.2, -0.15) is 13.4 Å². The molecule has 0 saturated heterocycles. The SMILES string of the molecule is Nc1nc2c(ncn2-c2ccc(OCCCNC(=O)c3cccc(S(=O)(=O)F)c3)cc2)c(=O)[nH]1. The number of nitrogen functional groups attached to an aromatic ring is 1. The van der Waals surface area contributed by atoms with Crippen molar-refractivity contribution in [2.45, 2.75) is 11.3 Å². The van der Waals surface area contributed by atoms with Gasteiger partial charge in [0.1, 0.15) is 12.1 Å². The van der Waals surface area contributed by atoms with Crippen molar-refractivity contribution in [3.8, 4) is 11.4 Å². The lowest BCUT2D eigenvalue weighted by molar-refractivity contribution is 0.0951. The van der Waals surface area contributed by atoms with Gasteiger partial charge in [-0.1, -0.05) is 6.07 Å². The first-order chi connectivity index (χ1) is 16.2. The molecule has 0 unspecified atom stereocenters. The number of aromatic amines is 1. The van der Waals surface area contributed by atoms with Gasteiger partial charge in [0.05, 0.1) is 11.5 Å². The average Bonchev–Trinajstić information content (AvgIpc) is 3.23. The number of ether oxygens (including phenoxy) is 1. The number of fused-ring (bicyclic) bond motifs is 1. The summed E-state index contributed by atoms with van der Waals surface area (Å²) in [7, 11) is -4.88. The summed E-state index contributed by atoms with van der Waals surface area (Å²) in [4.78, 5) is 34.1. The van der Waals surface area contributed by atoms with Crippen molar-refractivity contribution in [2.75, 3.05) is 18.9 Å². The van der Waals surface area contributed by atoms with Crippen molar-refractivity contribution in [3.05, 3.63) is 70.8 Å². The summed E-state index contributed by atoms with van der Waals surface area (Å²) in [6.07, 6.45) is 1.95. The molecule has 4 rings (SSSR count). The van der Waals surface area contributed by atoms with E-state index in [2.05, 4.69) is 20.3 Å². The summed E-state index contributed by atoms with van der Waals surface area (Å²) in [5.74, 6) is 0.0626. The number of nitrogens with two attached hydrogens (primary N) is 1. The first-order valence-corrected chi connectivity index (χ1v) is 11.4. The Bertz CT molecular complexity index is 1510. The molecule has 0 fully saturated rings. The highest BCUT2D eigenvalue weighted by Gasteiger charge is 2.14. The Morgan fingerprint density at radius 3 is 2.71 bits per heavy atom. The second-order valence-corrected chi connectivity index (χ2v) is 8.50. The molecule has 11 nitrogen and oxygen atoms in total. The number of H-pyrrole nitrogens is 1. The fraction of sp³-hybridized carbons (Fsp3) is 0.143. The van der Waals surface area contributed by atoms with Gasteiger partial charge in [0.25, 0.3) is 11.5 Å². The smallest absolute Gasteiger partial charge is 0.332 e. The van der Waals surface area contributed by atoms with E-state index in [1.807, 2.05) is 0 Å². The Kier molecular flexibility index (Phi) is 6.27. The number of hydrogen-bond donors (Lipinski definition) is 3. The van der Waals surface area contributed by atoms with Crippen LogP contribution in [0.2, 0.25) is 0 Å². The van der Waals surface area contributed by atoms with Crippen molar-refractivity contribution in [1.29, 1.82) is 0 Å². The van der Waals surface area contributed by atoms with Crippen LogP contribution in [0.5, 0.6) is 5.75 Å². The predicted octanol–water partition coefficient (Wildman–Crippen LogP) is 1.55. The largest absolute Gasteiger partial charge is 0.494 e. The van der Waals surface area contributed by atoms with Crippen molar-refractivity contribution in [3.63, 3.8) is 0 Å². The Balaban J connectivity index is 1.29. The molecule has 2 aromatic heterocycles. The van der Waals surface area contributed by atoms with Crippen LogP contribution in [0.1, 0.15) is 16.8 Å².